The molecule has 0 fully saturated rings. The molecule has 0 atom stereocenters. The van der Waals surface area contributed by atoms with Gasteiger partial charge >= 0.3 is 0 Å². The van der Waals surface area contributed by atoms with Crippen molar-refractivity contribution in [3.05, 3.63) is 30.2 Å². The Kier molecular flexibility index (Phi) is 3.51. The molecule has 0 amide bonds. The van der Waals surface area contributed by atoms with Gasteiger partial charge in [0.2, 0.25) is 5.95 Å². The lowest BCUT2D eigenvalue weighted by molar-refractivity contribution is 0.767. The first-order valence-electron chi connectivity index (χ1n) is 5.29. The van der Waals surface area contributed by atoms with Crippen LogP contribution in [0.2, 0.25) is 0 Å². The van der Waals surface area contributed by atoms with Gasteiger partial charge in [-0.3, -0.25) is 10.1 Å². The van der Waals surface area contributed by atoms with E-state index in [1.165, 1.54) is 5.56 Å². The van der Waals surface area contributed by atoms with Gasteiger partial charge in [0.1, 0.15) is 5.82 Å². The maximum absolute atomic E-state index is 5.23. The van der Waals surface area contributed by atoms with Crippen molar-refractivity contribution in [1.82, 2.24) is 19.7 Å². The molecule has 90 valence electrons. The van der Waals surface area contributed by atoms with Crippen LogP contribution in [-0.2, 0) is 13.5 Å². The first kappa shape index (κ1) is 11.3. The van der Waals surface area contributed by atoms with Crippen LogP contribution in [0.1, 0.15) is 5.56 Å². The van der Waals surface area contributed by atoms with Crippen LogP contribution in [0.5, 0.6) is 0 Å². The van der Waals surface area contributed by atoms with Gasteiger partial charge in [-0.05, 0) is 18.1 Å². The molecule has 0 bridgehead atoms. The lowest BCUT2D eigenvalue weighted by Gasteiger charge is -2.05. The number of nitrogens with two attached hydrogens (primary N) is 1. The molecule has 0 aromatic carbocycles. The Morgan fingerprint density at radius 1 is 1.47 bits per heavy atom. The zero-order valence-electron chi connectivity index (χ0n) is 9.59. The second-order valence-electron chi connectivity index (χ2n) is 3.61. The van der Waals surface area contributed by atoms with Crippen LogP contribution < -0.4 is 16.6 Å². The highest BCUT2D eigenvalue weighted by Gasteiger charge is 1.98. The highest BCUT2D eigenvalue weighted by atomic mass is 15.3. The van der Waals surface area contributed by atoms with Gasteiger partial charge in [0.25, 0.3) is 0 Å². The summed E-state index contributed by atoms with van der Waals surface area (Å²) in [6.07, 6.45) is 6.39. The molecule has 0 spiro atoms. The van der Waals surface area contributed by atoms with Gasteiger partial charge in [0.05, 0.1) is 6.20 Å². The zero-order valence-corrected chi connectivity index (χ0v) is 9.59. The molecule has 2 aromatic rings. The molecule has 4 N–H and O–H groups in total. The summed E-state index contributed by atoms with van der Waals surface area (Å²) in [7, 11) is 1.90. The molecule has 0 aliphatic carbocycles. The topological polar surface area (TPSA) is 93.7 Å². The van der Waals surface area contributed by atoms with Crippen LogP contribution in [0.4, 0.5) is 11.8 Å². The van der Waals surface area contributed by atoms with Gasteiger partial charge in [0, 0.05) is 26.0 Å². The van der Waals surface area contributed by atoms with E-state index in [1.54, 1.807) is 16.9 Å². The maximum atomic E-state index is 5.23. The lowest BCUT2D eigenvalue weighted by atomic mass is 10.2. The first-order valence-corrected chi connectivity index (χ1v) is 5.29. The van der Waals surface area contributed by atoms with Crippen molar-refractivity contribution in [1.29, 1.82) is 0 Å². The third-order valence-corrected chi connectivity index (χ3v) is 2.26. The summed E-state index contributed by atoms with van der Waals surface area (Å²) in [5.41, 5.74) is 3.59. The molecule has 7 nitrogen and oxygen atoms in total. The molecule has 0 saturated carbocycles. The van der Waals surface area contributed by atoms with Crippen LogP contribution >= 0.6 is 0 Å². The van der Waals surface area contributed by atoms with Gasteiger partial charge in [-0.1, -0.05) is 0 Å². The second-order valence-corrected chi connectivity index (χ2v) is 3.61. The van der Waals surface area contributed by atoms with E-state index in [0.717, 1.165) is 18.8 Å². The fraction of sp³-hybridized carbons (Fsp3) is 0.300. The summed E-state index contributed by atoms with van der Waals surface area (Å²) >= 11 is 0. The summed E-state index contributed by atoms with van der Waals surface area (Å²) in [4.78, 5) is 8.08. The molecule has 0 saturated heterocycles. The van der Waals surface area contributed by atoms with Crippen LogP contribution in [0.3, 0.4) is 0 Å². The fourth-order valence-corrected chi connectivity index (χ4v) is 1.46. The number of nitrogen functional groups attached to an aromatic ring is 1. The van der Waals surface area contributed by atoms with Crippen LogP contribution in [0, 0.1) is 0 Å². The van der Waals surface area contributed by atoms with E-state index in [-0.39, 0.29) is 0 Å². The number of rotatable bonds is 5. The highest BCUT2D eigenvalue weighted by molar-refractivity contribution is 5.38. The van der Waals surface area contributed by atoms with Crippen molar-refractivity contribution >= 4 is 11.8 Å². The Balaban J connectivity index is 1.85. The molecule has 0 aliphatic rings. The molecular formula is C10H15N7. The fourth-order valence-electron chi connectivity index (χ4n) is 1.46. The Morgan fingerprint density at radius 2 is 2.35 bits per heavy atom. The van der Waals surface area contributed by atoms with E-state index in [4.69, 9.17) is 5.84 Å². The summed E-state index contributed by atoms with van der Waals surface area (Å²) in [5.74, 6) is 6.37. The maximum Gasteiger partial charge on any atom is 0.239 e. The number of aryl methyl sites for hydroxylation is 1. The second kappa shape index (κ2) is 5.26. The molecule has 0 unspecified atom stereocenters. The van der Waals surface area contributed by atoms with Crippen molar-refractivity contribution in [2.75, 3.05) is 17.3 Å². The minimum atomic E-state index is 0.399. The van der Waals surface area contributed by atoms with Crippen molar-refractivity contribution in [3.63, 3.8) is 0 Å². The van der Waals surface area contributed by atoms with Gasteiger partial charge in [-0.15, -0.1) is 0 Å². The van der Waals surface area contributed by atoms with Crippen molar-refractivity contribution in [2.24, 2.45) is 12.9 Å². The number of nitrogens with zero attached hydrogens (tertiary/aromatic N) is 4. The summed E-state index contributed by atoms with van der Waals surface area (Å²) < 4.78 is 1.79. The largest absolute Gasteiger partial charge is 0.370 e. The molecule has 0 aliphatic heterocycles. The Hall–Kier alpha value is -2.15. The molecular weight excluding hydrogens is 218 g/mol. The SMILES string of the molecule is Cn1cc(CCNc2ccnc(NN)n2)cn1. The van der Waals surface area contributed by atoms with Crippen molar-refractivity contribution in [2.45, 2.75) is 6.42 Å². The molecule has 17 heavy (non-hydrogen) atoms. The van der Waals surface area contributed by atoms with E-state index in [0.29, 0.717) is 5.95 Å². The van der Waals surface area contributed by atoms with Gasteiger partial charge in [-0.25, -0.2) is 10.8 Å². The van der Waals surface area contributed by atoms with Crippen LogP contribution in [-0.4, -0.2) is 26.3 Å². The third-order valence-electron chi connectivity index (χ3n) is 2.26. The molecule has 0 radical (unpaired) electrons. The summed E-state index contributed by atoms with van der Waals surface area (Å²) in [5, 5.41) is 7.30. The molecule has 2 aromatic heterocycles. The number of nitrogens with one attached hydrogen (secondary N) is 2. The lowest BCUT2D eigenvalue weighted by Crippen LogP contribution is -2.12. The Bertz CT molecular complexity index is 479. The minimum absolute atomic E-state index is 0.399. The Labute approximate surface area is 99.0 Å². The number of aromatic nitrogens is 4. The summed E-state index contributed by atoms with van der Waals surface area (Å²) in [6.45, 7) is 0.784. The minimum Gasteiger partial charge on any atom is -0.370 e. The van der Waals surface area contributed by atoms with Crippen molar-refractivity contribution in [3.8, 4) is 0 Å². The molecule has 2 heterocycles. The Morgan fingerprint density at radius 3 is 3.06 bits per heavy atom. The highest BCUT2D eigenvalue weighted by Crippen LogP contribution is 2.05. The quantitative estimate of drug-likeness (QED) is 0.503. The average molecular weight is 233 g/mol. The number of hydrogen-bond acceptors (Lipinski definition) is 6. The standard InChI is InChI=1S/C10H15N7/c1-17-7-8(6-14-17)2-4-12-9-3-5-13-10(15-9)16-11/h3,5-7H,2,4,11H2,1H3,(H2,12,13,15,16). The van der Waals surface area contributed by atoms with Gasteiger partial charge in [-0.2, -0.15) is 10.1 Å². The smallest absolute Gasteiger partial charge is 0.239 e. The van der Waals surface area contributed by atoms with E-state index in [2.05, 4.69) is 25.8 Å². The zero-order chi connectivity index (χ0) is 12.1. The van der Waals surface area contributed by atoms with Crippen LogP contribution in [0.15, 0.2) is 24.7 Å². The first-order chi connectivity index (χ1) is 8.28. The summed E-state index contributed by atoms with van der Waals surface area (Å²) in [6, 6.07) is 1.80. The van der Waals surface area contributed by atoms with Crippen molar-refractivity contribution < 1.29 is 0 Å². The van der Waals surface area contributed by atoms with E-state index in [9.17, 15) is 0 Å². The average Bonchev–Trinajstić information content (AvgIpc) is 2.75. The van der Waals surface area contributed by atoms with Gasteiger partial charge in [0.15, 0.2) is 0 Å². The van der Waals surface area contributed by atoms with Gasteiger partial charge < -0.3 is 5.32 Å². The normalized spacial score (nSPS) is 10.2. The van der Waals surface area contributed by atoms with E-state index >= 15 is 0 Å². The van der Waals surface area contributed by atoms with Crippen LogP contribution in [0.25, 0.3) is 0 Å². The molecule has 2 rings (SSSR count). The van der Waals surface area contributed by atoms with E-state index < -0.39 is 0 Å². The predicted octanol–water partition coefficient (Wildman–Crippen LogP) is 0.150. The third kappa shape index (κ3) is 3.15. The number of hydrazine groups is 1. The number of hydrogen-bond donors (Lipinski definition) is 3. The monoisotopic (exact) mass is 233 g/mol. The molecule has 7 heteroatoms. The van der Waals surface area contributed by atoms with E-state index in [1.807, 2.05) is 19.4 Å². The number of anilines is 2. The predicted molar refractivity (Wildman–Crippen MR) is 65.2 cm³/mol.